The van der Waals surface area contributed by atoms with Gasteiger partial charge >= 0.3 is 0 Å². The second kappa shape index (κ2) is 7.69. The van der Waals surface area contributed by atoms with E-state index in [1.165, 1.54) is 0 Å². The molecule has 3 aromatic rings. The predicted molar refractivity (Wildman–Crippen MR) is 104 cm³/mol. The summed E-state index contributed by atoms with van der Waals surface area (Å²) in [6.07, 6.45) is 3.45. The molecule has 0 atom stereocenters. The first kappa shape index (κ1) is 18.0. The number of para-hydroxylation sites is 1. The van der Waals surface area contributed by atoms with Gasteiger partial charge in [0.2, 0.25) is 0 Å². The summed E-state index contributed by atoms with van der Waals surface area (Å²) in [5.74, 6) is 2.15. The Labute approximate surface area is 163 Å². The minimum atomic E-state index is 0.233. The number of pyridine rings is 1. The lowest BCUT2D eigenvalue weighted by Gasteiger charge is -2.32. The van der Waals surface area contributed by atoms with Gasteiger partial charge in [0.25, 0.3) is 5.89 Å². The van der Waals surface area contributed by atoms with Crippen molar-refractivity contribution in [1.29, 1.82) is 5.26 Å². The Hall–Kier alpha value is -3.40. The molecule has 1 aliphatic rings. The standard InChI is InChI=1S/C21H21N5O2/c1-14-11-18(16(12-22)13-23-14)26-9-7-15(8-10-26)20-24-21(28-25-20)17-5-3-4-6-19(17)27-2/h3-6,11,13,15H,7-10H2,1-2H3. The fraction of sp³-hybridized carbons (Fsp3) is 0.333. The SMILES string of the molecule is COc1ccccc1-c1nc(C2CCN(c3cc(C)ncc3C#N)CC2)no1. The largest absolute Gasteiger partial charge is 0.496 e. The van der Waals surface area contributed by atoms with E-state index in [1.54, 1.807) is 13.3 Å². The van der Waals surface area contributed by atoms with Crippen LogP contribution in [0.4, 0.5) is 5.69 Å². The molecule has 1 fully saturated rings. The molecule has 1 saturated heterocycles. The highest BCUT2D eigenvalue weighted by Gasteiger charge is 2.26. The van der Waals surface area contributed by atoms with Crippen LogP contribution >= 0.6 is 0 Å². The molecule has 3 heterocycles. The molecular weight excluding hydrogens is 354 g/mol. The zero-order valence-corrected chi connectivity index (χ0v) is 15.9. The Kier molecular flexibility index (Phi) is 4.94. The first-order chi connectivity index (χ1) is 13.7. The summed E-state index contributed by atoms with van der Waals surface area (Å²) in [4.78, 5) is 11.1. The summed E-state index contributed by atoms with van der Waals surface area (Å²) in [5, 5.41) is 13.6. The molecule has 0 unspecified atom stereocenters. The Morgan fingerprint density at radius 3 is 2.79 bits per heavy atom. The molecule has 0 saturated carbocycles. The smallest absolute Gasteiger partial charge is 0.261 e. The molecule has 4 rings (SSSR count). The average molecular weight is 375 g/mol. The zero-order valence-electron chi connectivity index (χ0n) is 15.9. The summed E-state index contributed by atoms with van der Waals surface area (Å²) in [6.45, 7) is 3.61. The van der Waals surface area contributed by atoms with Crippen molar-refractivity contribution in [2.75, 3.05) is 25.1 Å². The number of nitriles is 1. The van der Waals surface area contributed by atoms with E-state index in [9.17, 15) is 5.26 Å². The average Bonchev–Trinajstić information content (AvgIpc) is 3.24. The lowest BCUT2D eigenvalue weighted by atomic mass is 9.95. The quantitative estimate of drug-likeness (QED) is 0.687. The summed E-state index contributed by atoms with van der Waals surface area (Å²) >= 11 is 0. The highest BCUT2D eigenvalue weighted by atomic mass is 16.5. The van der Waals surface area contributed by atoms with Crippen LogP contribution in [0, 0.1) is 18.3 Å². The number of aromatic nitrogens is 3. The monoisotopic (exact) mass is 375 g/mol. The van der Waals surface area contributed by atoms with Crippen molar-refractivity contribution in [1.82, 2.24) is 15.1 Å². The first-order valence-electron chi connectivity index (χ1n) is 9.28. The predicted octanol–water partition coefficient (Wildman–Crippen LogP) is 3.70. The van der Waals surface area contributed by atoms with Crippen LogP contribution in [0.1, 0.15) is 35.8 Å². The topological polar surface area (TPSA) is 88.1 Å². The van der Waals surface area contributed by atoms with Crippen molar-refractivity contribution >= 4 is 5.69 Å². The molecule has 0 N–H and O–H groups in total. The lowest BCUT2D eigenvalue weighted by Crippen LogP contribution is -2.33. The number of hydrogen-bond acceptors (Lipinski definition) is 7. The van der Waals surface area contributed by atoms with Gasteiger partial charge in [0.15, 0.2) is 5.82 Å². The summed E-state index contributed by atoms with van der Waals surface area (Å²) in [6, 6.07) is 11.8. The van der Waals surface area contributed by atoms with Crippen LogP contribution in [0.25, 0.3) is 11.5 Å². The van der Waals surface area contributed by atoms with Crippen molar-refractivity contribution in [2.45, 2.75) is 25.7 Å². The maximum Gasteiger partial charge on any atom is 0.261 e. The summed E-state index contributed by atoms with van der Waals surface area (Å²) in [7, 11) is 1.63. The molecular formula is C21H21N5O2. The molecule has 1 aromatic carbocycles. The number of piperidine rings is 1. The van der Waals surface area contributed by atoms with Gasteiger partial charge in [-0.1, -0.05) is 17.3 Å². The van der Waals surface area contributed by atoms with Crippen LogP contribution < -0.4 is 9.64 Å². The van der Waals surface area contributed by atoms with Crippen LogP contribution in [0.2, 0.25) is 0 Å². The highest BCUT2D eigenvalue weighted by Crippen LogP contribution is 2.33. The van der Waals surface area contributed by atoms with Crippen molar-refractivity contribution in [3.63, 3.8) is 0 Å². The Balaban J connectivity index is 1.49. The number of ether oxygens (including phenoxy) is 1. The van der Waals surface area contributed by atoms with E-state index in [0.29, 0.717) is 17.2 Å². The van der Waals surface area contributed by atoms with E-state index in [2.05, 4.69) is 26.1 Å². The molecule has 0 aliphatic carbocycles. The fourth-order valence-electron chi connectivity index (χ4n) is 3.60. The number of nitrogens with zero attached hydrogens (tertiary/aromatic N) is 5. The van der Waals surface area contributed by atoms with Crippen LogP contribution in [-0.2, 0) is 0 Å². The molecule has 142 valence electrons. The van der Waals surface area contributed by atoms with Gasteiger partial charge in [-0.2, -0.15) is 10.2 Å². The number of rotatable bonds is 4. The van der Waals surface area contributed by atoms with Crippen molar-refractivity contribution in [3.05, 3.63) is 53.6 Å². The van der Waals surface area contributed by atoms with E-state index in [4.69, 9.17) is 9.26 Å². The van der Waals surface area contributed by atoms with E-state index >= 15 is 0 Å². The molecule has 1 aliphatic heterocycles. The van der Waals surface area contributed by atoms with Crippen molar-refractivity contribution < 1.29 is 9.26 Å². The van der Waals surface area contributed by atoms with Gasteiger partial charge in [-0.25, -0.2) is 0 Å². The minimum absolute atomic E-state index is 0.233. The highest BCUT2D eigenvalue weighted by molar-refractivity contribution is 5.62. The Morgan fingerprint density at radius 2 is 2.04 bits per heavy atom. The van der Waals surface area contributed by atoms with E-state index in [0.717, 1.165) is 48.7 Å². The molecule has 7 heteroatoms. The maximum atomic E-state index is 9.36. The third kappa shape index (κ3) is 3.41. The normalized spacial score (nSPS) is 14.7. The van der Waals surface area contributed by atoms with Crippen LogP contribution in [-0.4, -0.2) is 35.3 Å². The van der Waals surface area contributed by atoms with Gasteiger partial charge in [0.1, 0.15) is 11.8 Å². The second-order valence-electron chi connectivity index (χ2n) is 6.87. The number of hydrogen-bond donors (Lipinski definition) is 0. The van der Waals surface area contributed by atoms with Gasteiger partial charge in [0.05, 0.1) is 23.9 Å². The van der Waals surface area contributed by atoms with E-state index < -0.39 is 0 Å². The lowest BCUT2D eigenvalue weighted by molar-refractivity contribution is 0.393. The second-order valence-corrected chi connectivity index (χ2v) is 6.87. The number of methoxy groups -OCH3 is 1. The van der Waals surface area contributed by atoms with Gasteiger partial charge < -0.3 is 14.2 Å². The Morgan fingerprint density at radius 1 is 1.25 bits per heavy atom. The molecule has 0 spiro atoms. The van der Waals surface area contributed by atoms with Gasteiger partial charge in [-0.05, 0) is 38.0 Å². The van der Waals surface area contributed by atoms with E-state index in [1.807, 2.05) is 37.3 Å². The van der Waals surface area contributed by atoms with E-state index in [-0.39, 0.29) is 5.92 Å². The molecule has 7 nitrogen and oxygen atoms in total. The zero-order chi connectivity index (χ0) is 19.5. The first-order valence-corrected chi connectivity index (χ1v) is 9.28. The fourth-order valence-corrected chi connectivity index (χ4v) is 3.60. The third-order valence-electron chi connectivity index (χ3n) is 5.12. The third-order valence-corrected chi connectivity index (χ3v) is 5.12. The summed E-state index contributed by atoms with van der Waals surface area (Å²) < 4.78 is 10.9. The molecule has 0 amide bonds. The Bertz CT molecular complexity index is 1020. The van der Waals surface area contributed by atoms with Gasteiger partial charge in [0, 0.05) is 30.9 Å². The molecule has 0 bridgehead atoms. The van der Waals surface area contributed by atoms with Crippen LogP contribution in [0.3, 0.4) is 0 Å². The van der Waals surface area contributed by atoms with Crippen molar-refractivity contribution in [3.8, 4) is 23.3 Å². The molecule has 28 heavy (non-hydrogen) atoms. The molecule has 0 radical (unpaired) electrons. The minimum Gasteiger partial charge on any atom is -0.496 e. The maximum absolute atomic E-state index is 9.36. The number of anilines is 1. The molecule has 2 aromatic heterocycles. The number of benzene rings is 1. The van der Waals surface area contributed by atoms with Crippen molar-refractivity contribution in [2.24, 2.45) is 0 Å². The van der Waals surface area contributed by atoms with Gasteiger partial charge in [-0.15, -0.1) is 0 Å². The van der Waals surface area contributed by atoms with Crippen LogP contribution in [0.15, 0.2) is 41.1 Å². The summed E-state index contributed by atoms with van der Waals surface area (Å²) in [5.41, 5.74) is 3.28. The van der Waals surface area contributed by atoms with Gasteiger partial charge in [-0.3, -0.25) is 4.98 Å². The van der Waals surface area contributed by atoms with Crippen LogP contribution in [0.5, 0.6) is 5.75 Å². The number of aryl methyl sites for hydroxylation is 1.